The highest BCUT2D eigenvalue weighted by molar-refractivity contribution is 6.31. The summed E-state index contributed by atoms with van der Waals surface area (Å²) in [5.41, 5.74) is 0.610. The molecule has 1 amide bonds. The van der Waals surface area contributed by atoms with Crippen LogP contribution in [0.2, 0.25) is 5.02 Å². The summed E-state index contributed by atoms with van der Waals surface area (Å²) in [5, 5.41) is 6.55. The fourth-order valence-corrected chi connectivity index (χ4v) is 2.08. The molecule has 0 saturated carbocycles. The van der Waals surface area contributed by atoms with Crippen molar-refractivity contribution in [2.75, 3.05) is 19.0 Å². The second kappa shape index (κ2) is 5.38. The maximum absolute atomic E-state index is 11.9. The number of carbonyl (C=O) groups is 1. The predicted molar refractivity (Wildman–Crippen MR) is 67.7 cm³/mol. The Morgan fingerprint density at radius 3 is 3.06 bits per heavy atom. The predicted octanol–water partition coefficient (Wildman–Crippen LogP) is 2.04. The molecule has 0 radical (unpaired) electrons. The molecule has 92 valence electrons. The zero-order chi connectivity index (χ0) is 12.3. The van der Waals surface area contributed by atoms with E-state index in [9.17, 15) is 4.79 Å². The van der Waals surface area contributed by atoms with Crippen LogP contribution in [0.4, 0.5) is 5.69 Å². The molecule has 0 aromatic heterocycles. The maximum atomic E-state index is 11.9. The molecule has 2 N–H and O–H groups in total. The van der Waals surface area contributed by atoms with Gasteiger partial charge in [0.1, 0.15) is 5.75 Å². The lowest BCUT2D eigenvalue weighted by molar-refractivity contribution is -0.117. The largest absolute Gasteiger partial charge is 0.495 e. The second-order valence-corrected chi connectivity index (χ2v) is 4.42. The van der Waals surface area contributed by atoms with Gasteiger partial charge in [-0.2, -0.15) is 0 Å². The van der Waals surface area contributed by atoms with Crippen molar-refractivity contribution in [2.24, 2.45) is 0 Å². The van der Waals surface area contributed by atoms with Crippen molar-refractivity contribution in [3.05, 3.63) is 23.2 Å². The zero-order valence-electron chi connectivity index (χ0n) is 9.63. The van der Waals surface area contributed by atoms with Crippen molar-refractivity contribution in [3.8, 4) is 5.75 Å². The van der Waals surface area contributed by atoms with E-state index in [1.807, 2.05) is 0 Å². The van der Waals surface area contributed by atoms with Gasteiger partial charge in [0.2, 0.25) is 5.91 Å². The monoisotopic (exact) mass is 254 g/mol. The SMILES string of the molecule is COc1ccc(Cl)cc1NC(=O)[C@@H]1CCCN1. The molecule has 5 heteroatoms. The number of hydrogen-bond donors (Lipinski definition) is 2. The van der Waals surface area contributed by atoms with Crippen molar-refractivity contribution in [3.63, 3.8) is 0 Å². The quantitative estimate of drug-likeness (QED) is 0.868. The number of benzene rings is 1. The third kappa shape index (κ3) is 2.90. The van der Waals surface area contributed by atoms with E-state index in [0.29, 0.717) is 16.5 Å². The topological polar surface area (TPSA) is 50.4 Å². The van der Waals surface area contributed by atoms with Crippen LogP contribution in [0.5, 0.6) is 5.75 Å². The molecule has 2 rings (SSSR count). The van der Waals surface area contributed by atoms with E-state index in [0.717, 1.165) is 19.4 Å². The minimum absolute atomic E-state index is 0.0388. The summed E-state index contributed by atoms with van der Waals surface area (Å²) in [5.74, 6) is 0.573. The third-order valence-corrected chi connectivity index (χ3v) is 3.03. The summed E-state index contributed by atoms with van der Waals surface area (Å²) in [6.07, 6.45) is 1.90. The van der Waals surface area contributed by atoms with Crippen LogP contribution < -0.4 is 15.4 Å². The van der Waals surface area contributed by atoms with Crippen LogP contribution in [0.3, 0.4) is 0 Å². The van der Waals surface area contributed by atoms with Crippen LogP contribution >= 0.6 is 11.6 Å². The number of anilines is 1. The molecule has 1 aromatic carbocycles. The van der Waals surface area contributed by atoms with Gasteiger partial charge in [-0.15, -0.1) is 0 Å². The molecular weight excluding hydrogens is 240 g/mol. The smallest absolute Gasteiger partial charge is 0.241 e. The normalized spacial score (nSPS) is 19.1. The molecule has 1 saturated heterocycles. The number of methoxy groups -OCH3 is 1. The van der Waals surface area contributed by atoms with Crippen molar-refractivity contribution in [2.45, 2.75) is 18.9 Å². The van der Waals surface area contributed by atoms with Crippen LogP contribution in [-0.4, -0.2) is 25.6 Å². The number of halogens is 1. The summed E-state index contributed by atoms with van der Waals surface area (Å²) >= 11 is 5.89. The fraction of sp³-hybridized carbons (Fsp3) is 0.417. The van der Waals surface area contributed by atoms with Crippen molar-refractivity contribution in [1.82, 2.24) is 5.32 Å². The van der Waals surface area contributed by atoms with Crippen LogP contribution in [0.1, 0.15) is 12.8 Å². The van der Waals surface area contributed by atoms with E-state index >= 15 is 0 Å². The third-order valence-electron chi connectivity index (χ3n) is 2.80. The first-order valence-electron chi connectivity index (χ1n) is 5.58. The molecule has 0 unspecified atom stereocenters. The van der Waals surface area contributed by atoms with Gasteiger partial charge in [0.05, 0.1) is 18.8 Å². The van der Waals surface area contributed by atoms with Gasteiger partial charge >= 0.3 is 0 Å². The molecule has 0 aliphatic carbocycles. The van der Waals surface area contributed by atoms with E-state index in [4.69, 9.17) is 16.3 Å². The molecule has 1 atom stereocenters. The van der Waals surface area contributed by atoms with E-state index in [1.54, 1.807) is 25.3 Å². The molecule has 0 spiro atoms. The van der Waals surface area contributed by atoms with Gasteiger partial charge in [0, 0.05) is 5.02 Å². The number of ether oxygens (including phenoxy) is 1. The Bertz CT molecular complexity index is 417. The van der Waals surface area contributed by atoms with Gasteiger partial charge in [0.25, 0.3) is 0 Å². The summed E-state index contributed by atoms with van der Waals surface area (Å²) in [7, 11) is 1.56. The average Bonchev–Trinajstić information content (AvgIpc) is 2.83. The summed E-state index contributed by atoms with van der Waals surface area (Å²) in [6, 6.07) is 5.04. The lowest BCUT2D eigenvalue weighted by Crippen LogP contribution is -2.35. The molecule has 4 nitrogen and oxygen atoms in total. The van der Waals surface area contributed by atoms with Crippen molar-refractivity contribution >= 4 is 23.2 Å². The second-order valence-electron chi connectivity index (χ2n) is 3.98. The van der Waals surface area contributed by atoms with Crippen LogP contribution in [0.15, 0.2) is 18.2 Å². The number of nitrogens with one attached hydrogen (secondary N) is 2. The van der Waals surface area contributed by atoms with Gasteiger partial charge in [-0.1, -0.05) is 11.6 Å². The maximum Gasteiger partial charge on any atom is 0.241 e. The van der Waals surface area contributed by atoms with E-state index in [2.05, 4.69) is 10.6 Å². The molecule has 17 heavy (non-hydrogen) atoms. The van der Waals surface area contributed by atoms with Gasteiger partial charge in [-0.05, 0) is 37.6 Å². The minimum atomic E-state index is -0.112. The molecule has 0 bridgehead atoms. The fourth-order valence-electron chi connectivity index (χ4n) is 1.91. The Morgan fingerprint density at radius 2 is 2.41 bits per heavy atom. The zero-order valence-corrected chi connectivity index (χ0v) is 10.4. The highest BCUT2D eigenvalue weighted by Gasteiger charge is 2.22. The molecule has 1 aliphatic heterocycles. The lowest BCUT2D eigenvalue weighted by Gasteiger charge is -2.13. The Morgan fingerprint density at radius 1 is 1.59 bits per heavy atom. The Labute approximate surface area is 105 Å². The van der Waals surface area contributed by atoms with Crippen molar-refractivity contribution < 1.29 is 9.53 Å². The summed E-state index contributed by atoms with van der Waals surface area (Å²) in [4.78, 5) is 11.9. The van der Waals surface area contributed by atoms with E-state index < -0.39 is 0 Å². The minimum Gasteiger partial charge on any atom is -0.495 e. The number of amides is 1. The molecule has 1 aromatic rings. The Balaban J connectivity index is 2.11. The summed E-state index contributed by atoms with van der Waals surface area (Å²) < 4.78 is 5.17. The van der Waals surface area contributed by atoms with Crippen LogP contribution in [-0.2, 0) is 4.79 Å². The number of rotatable bonds is 3. The highest BCUT2D eigenvalue weighted by atomic mass is 35.5. The van der Waals surface area contributed by atoms with Gasteiger partial charge in [-0.3, -0.25) is 4.79 Å². The average molecular weight is 255 g/mol. The van der Waals surface area contributed by atoms with Crippen LogP contribution in [0.25, 0.3) is 0 Å². The lowest BCUT2D eigenvalue weighted by atomic mass is 10.2. The van der Waals surface area contributed by atoms with E-state index in [-0.39, 0.29) is 11.9 Å². The van der Waals surface area contributed by atoms with Gasteiger partial charge < -0.3 is 15.4 Å². The standard InChI is InChI=1S/C12H15ClN2O2/c1-17-11-5-4-8(13)7-10(11)15-12(16)9-3-2-6-14-9/h4-5,7,9,14H,2-3,6H2,1H3,(H,15,16)/t9-/m0/s1. The first-order chi connectivity index (χ1) is 8.20. The molecule has 1 aliphatic rings. The summed E-state index contributed by atoms with van der Waals surface area (Å²) in [6.45, 7) is 0.894. The molecule has 1 heterocycles. The van der Waals surface area contributed by atoms with Gasteiger partial charge in [-0.25, -0.2) is 0 Å². The molecule has 1 fully saturated rings. The number of hydrogen-bond acceptors (Lipinski definition) is 3. The Kier molecular flexibility index (Phi) is 3.86. The van der Waals surface area contributed by atoms with Gasteiger partial charge in [0.15, 0.2) is 0 Å². The van der Waals surface area contributed by atoms with E-state index in [1.165, 1.54) is 0 Å². The first kappa shape index (κ1) is 12.2. The molecular formula is C12H15ClN2O2. The number of carbonyl (C=O) groups excluding carboxylic acids is 1. The Hall–Kier alpha value is -1.26. The highest BCUT2D eigenvalue weighted by Crippen LogP contribution is 2.28. The van der Waals surface area contributed by atoms with Crippen LogP contribution in [0, 0.1) is 0 Å². The van der Waals surface area contributed by atoms with Crippen molar-refractivity contribution in [1.29, 1.82) is 0 Å². The first-order valence-corrected chi connectivity index (χ1v) is 5.96.